The second kappa shape index (κ2) is 10.5. The van der Waals surface area contributed by atoms with E-state index in [1.165, 1.54) is 5.56 Å². The highest BCUT2D eigenvalue weighted by Crippen LogP contribution is 2.21. The monoisotopic (exact) mass is 406 g/mol. The maximum atomic E-state index is 9.58. The molecule has 0 saturated carbocycles. The Balaban J connectivity index is 1.73. The number of hydrogen-bond donors (Lipinski definition) is 0. The average molecular weight is 406 g/mol. The van der Waals surface area contributed by atoms with Crippen molar-refractivity contribution in [1.82, 2.24) is 0 Å². The number of hydrogen-bond acceptors (Lipinski definition) is 4. The summed E-state index contributed by atoms with van der Waals surface area (Å²) < 4.78 is 11.0. The molecular formula is C27H22N2O2. The third-order valence-electron chi connectivity index (χ3n) is 4.68. The van der Waals surface area contributed by atoms with Crippen molar-refractivity contribution in [3.05, 3.63) is 106 Å². The summed E-state index contributed by atoms with van der Waals surface area (Å²) in [4.78, 5) is 0. The van der Waals surface area contributed by atoms with E-state index in [2.05, 4.69) is 31.2 Å². The quantitative estimate of drug-likeness (QED) is 0.351. The molecule has 0 fully saturated rings. The van der Waals surface area contributed by atoms with Crippen molar-refractivity contribution >= 4 is 12.2 Å². The fraction of sp³-hybridized carbons (Fsp3) is 0.111. The minimum atomic E-state index is 0.298. The molecule has 0 aliphatic heterocycles. The molecule has 0 heterocycles. The molecule has 0 N–H and O–H groups in total. The maximum Gasteiger partial charge on any atom is 0.119 e. The van der Waals surface area contributed by atoms with Gasteiger partial charge in [-0.05, 0) is 60.0 Å². The fourth-order valence-corrected chi connectivity index (χ4v) is 2.89. The summed E-state index contributed by atoms with van der Waals surface area (Å²) in [5.41, 5.74) is 4.54. The van der Waals surface area contributed by atoms with Gasteiger partial charge in [0.2, 0.25) is 0 Å². The van der Waals surface area contributed by atoms with Crippen LogP contribution in [0.1, 0.15) is 22.3 Å². The van der Waals surface area contributed by atoms with Crippen molar-refractivity contribution in [3.63, 3.8) is 0 Å². The molecule has 4 nitrogen and oxygen atoms in total. The molecule has 0 aliphatic rings. The zero-order valence-corrected chi connectivity index (χ0v) is 17.5. The van der Waals surface area contributed by atoms with Crippen LogP contribution in [0.3, 0.4) is 0 Å². The van der Waals surface area contributed by atoms with Crippen molar-refractivity contribution in [1.29, 1.82) is 10.5 Å². The summed E-state index contributed by atoms with van der Waals surface area (Å²) in [6.07, 6.45) is 3.38. The first-order valence-electron chi connectivity index (χ1n) is 9.77. The minimum Gasteiger partial charge on any atom is -0.497 e. The largest absolute Gasteiger partial charge is 0.497 e. The predicted molar refractivity (Wildman–Crippen MR) is 122 cm³/mol. The highest BCUT2D eigenvalue weighted by atomic mass is 16.5. The van der Waals surface area contributed by atoms with Gasteiger partial charge < -0.3 is 9.47 Å². The first kappa shape index (κ1) is 21.4. The number of nitriles is 2. The Morgan fingerprint density at radius 1 is 0.742 bits per heavy atom. The maximum absolute atomic E-state index is 9.58. The van der Waals surface area contributed by atoms with Crippen molar-refractivity contribution in [2.24, 2.45) is 0 Å². The van der Waals surface area contributed by atoms with E-state index in [4.69, 9.17) is 9.47 Å². The molecule has 0 atom stereocenters. The number of methoxy groups -OCH3 is 1. The normalized spacial score (nSPS) is 11.4. The van der Waals surface area contributed by atoms with Crippen LogP contribution < -0.4 is 9.47 Å². The number of allylic oxidation sites excluding steroid dienone is 2. The molecule has 31 heavy (non-hydrogen) atoms. The Morgan fingerprint density at radius 2 is 1.23 bits per heavy atom. The van der Waals surface area contributed by atoms with E-state index in [1.807, 2.05) is 60.7 Å². The van der Waals surface area contributed by atoms with Gasteiger partial charge in [0.1, 0.15) is 30.2 Å². The van der Waals surface area contributed by atoms with Crippen LogP contribution in [0.2, 0.25) is 0 Å². The van der Waals surface area contributed by atoms with Crippen LogP contribution in [0.4, 0.5) is 0 Å². The predicted octanol–water partition coefficient (Wildman–Crippen LogP) is 6.10. The van der Waals surface area contributed by atoms with Gasteiger partial charge in [-0.15, -0.1) is 0 Å². The number of aryl methyl sites for hydroxylation is 1. The van der Waals surface area contributed by atoms with Crippen LogP contribution in [0.25, 0.3) is 12.2 Å². The molecule has 4 heteroatoms. The molecule has 0 aromatic heterocycles. The SMILES string of the molecule is COc1ccc(/C=C(C#N)/C(C#N)=C/c2ccc(OCc3ccc(C)cc3)cc2)cc1. The molecule has 0 bridgehead atoms. The van der Waals surface area contributed by atoms with Gasteiger partial charge in [0.15, 0.2) is 0 Å². The summed E-state index contributed by atoms with van der Waals surface area (Å²) in [5.74, 6) is 1.47. The summed E-state index contributed by atoms with van der Waals surface area (Å²) >= 11 is 0. The molecule has 0 aliphatic carbocycles. The van der Waals surface area contributed by atoms with Gasteiger partial charge in [0.25, 0.3) is 0 Å². The Morgan fingerprint density at radius 3 is 1.68 bits per heavy atom. The number of rotatable bonds is 7. The summed E-state index contributed by atoms with van der Waals surface area (Å²) in [6, 6.07) is 27.2. The third kappa shape index (κ3) is 6.10. The molecule has 0 spiro atoms. The Bertz CT molecular complexity index is 1160. The topological polar surface area (TPSA) is 66.0 Å². The molecular weight excluding hydrogens is 384 g/mol. The smallest absolute Gasteiger partial charge is 0.119 e. The molecule has 0 unspecified atom stereocenters. The van der Waals surface area contributed by atoms with Gasteiger partial charge in [0.05, 0.1) is 18.3 Å². The van der Waals surface area contributed by atoms with Crippen molar-refractivity contribution in [2.75, 3.05) is 7.11 Å². The van der Waals surface area contributed by atoms with Crippen LogP contribution in [0, 0.1) is 29.6 Å². The number of ether oxygens (including phenoxy) is 2. The molecule has 0 saturated heterocycles. The molecule has 0 radical (unpaired) electrons. The van der Waals surface area contributed by atoms with Gasteiger partial charge in [-0.25, -0.2) is 0 Å². The second-order valence-electron chi connectivity index (χ2n) is 6.96. The van der Waals surface area contributed by atoms with Crippen molar-refractivity contribution in [2.45, 2.75) is 13.5 Å². The van der Waals surface area contributed by atoms with Gasteiger partial charge in [-0.2, -0.15) is 10.5 Å². The molecule has 152 valence electrons. The van der Waals surface area contributed by atoms with Gasteiger partial charge in [-0.3, -0.25) is 0 Å². The average Bonchev–Trinajstić information content (AvgIpc) is 2.82. The Labute approximate surface area is 182 Å². The van der Waals surface area contributed by atoms with E-state index in [1.54, 1.807) is 19.3 Å². The van der Waals surface area contributed by atoms with Crippen molar-refractivity contribution in [3.8, 4) is 23.6 Å². The van der Waals surface area contributed by atoms with Gasteiger partial charge in [-0.1, -0.05) is 54.1 Å². The summed E-state index contributed by atoms with van der Waals surface area (Å²) in [5, 5.41) is 19.1. The van der Waals surface area contributed by atoms with E-state index in [9.17, 15) is 10.5 Å². The Kier molecular flexibility index (Phi) is 7.25. The van der Waals surface area contributed by atoms with Crippen LogP contribution in [-0.4, -0.2) is 7.11 Å². The molecule has 0 amide bonds. The minimum absolute atomic E-state index is 0.298. The van der Waals surface area contributed by atoms with Crippen LogP contribution in [0.15, 0.2) is 83.9 Å². The molecule has 3 rings (SSSR count). The lowest BCUT2D eigenvalue weighted by atomic mass is 10.0. The lowest BCUT2D eigenvalue weighted by molar-refractivity contribution is 0.306. The molecule has 3 aromatic rings. The second-order valence-corrected chi connectivity index (χ2v) is 6.96. The number of nitrogens with zero attached hydrogens (tertiary/aromatic N) is 2. The number of benzene rings is 3. The van der Waals surface area contributed by atoms with Crippen molar-refractivity contribution < 1.29 is 9.47 Å². The van der Waals surface area contributed by atoms with E-state index in [0.29, 0.717) is 17.8 Å². The zero-order valence-electron chi connectivity index (χ0n) is 17.5. The van der Waals surface area contributed by atoms with Gasteiger partial charge >= 0.3 is 0 Å². The van der Waals surface area contributed by atoms with Gasteiger partial charge in [0, 0.05) is 0 Å². The zero-order chi connectivity index (χ0) is 22.1. The lowest BCUT2D eigenvalue weighted by Crippen LogP contribution is -1.95. The lowest BCUT2D eigenvalue weighted by Gasteiger charge is -2.07. The highest BCUT2D eigenvalue weighted by Gasteiger charge is 2.06. The van der Waals surface area contributed by atoms with E-state index in [-0.39, 0.29) is 0 Å². The standard InChI is InChI=1S/C27H22N2O2/c1-20-3-5-23(6-4-20)19-31-27-13-9-22(10-14-27)16-25(18-29)24(17-28)15-21-7-11-26(30-2)12-8-21/h3-16H,19H2,1-2H3/b24-15+,25-16+. The van der Waals surface area contributed by atoms with E-state index in [0.717, 1.165) is 28.2 Å². The van der Waals surface area contributed by atoms with Crippen LogP contribution >= 0.6 is 0 Å². The van der Waals surface area contributed by atoms with E-state index >= 15 is 0 Å². The van der Waals surface area contributed by atoms with Crippen LogP contribution in [-0.2, 0) is 6.61 Å². The summed E-state index contributed by atoms with van der Waals surface area (Å²) in [7, 11) is 1.60. The summed E-state index contributed by atoms with van der Waals surface area (Å²) in [6.45, 7) is 2.54. The fourth-order valence-electron chi connectivity index (χ4n) is 2.89. The highest BCUT2D eigenvalue weighted by molar-refractivity contribution is 5.74. The first-order valence-corrected chi connectivity index (χ1v) is 9.77. The molecule has 3 aromatic carbocycles. The van der Waals surface area contributed by atoms with Crippen LogP contribution in [0.5, 0.6) is 11.5 Å². The van der Waals surface area contributed by atoms with E-state index < -0.39 is 0 Å². The Hall–Kier alpha value is -4.28. The first-order chi connectivity index (χ1) is 15.1. The third-order valence-corrected chi connectivity index (χ3v) is 4.68.